The monoisotopic (exact) mass is 258 g/mol. The number of allylic oxidation sites excluding steroid dienone is 1. The fraction of sp³-hybridized carbons (Fsp3) is 0.111. The molecule has 0 amide bonds. The highest BCUT2D eigenvalue weighted by molar-refractivity contribution is 5.48. The van der Waals surface area contributed by atoms with Gasteiger partial charge in [-0.1, -0.05) is 67.2 Å². The lowest BCUT2D eigenvalue weighted by Gasteiger charge is -2.27. The maximum Gasteiger partial charge on any atom is 0.112 e. The van der Waals surface area contributed by atoms with E-state index in [0.717, 1.165) is 11.1 Å². The Morgan fingerprint density at radius 3 is 1.70 bits per heavy atom. The van der Waals surface area contributed by atoms with E-state index in [2.05, 4.69) is 12.6 Å². The molecular formula is C18H14N2. The van der Waals surface area contributed by atoms with E-state index < -0.39 is 5.41 Å². The second-order valence-corrected chi connectivity index (χ2v) is 4.64. The van der Waals surface area contributed by atoms with Crippen LogP contribution < -0.4 is 0 Å². The van der Waals surface area contributed by atoms with Crippen molar-refractivity contribution in [2.75, 3.05) is 0 Å². The zero-order valence-corrected chi connectivity index (χ0v) is 11.1. The zero-order chi connectivity index (χ0) is 14.4. The van der Waals surface area contributed by atoms with Crippen LogP contribution in [0.2, 0.25) is 0 Å². The van der Waals surface area contributed by atoms with E-state index in [1.807, 2.05) is 66.7 Å². The third-order valence-electron chi connectivity index (χ3n) is 3.36. The van der Waals surface area contributed by atoms with Crippen LogP contribution in [0, 0.1) is 22.7 Å². The van der Waals surface area contributed by atoms with E-state index in [-0.39, 0.29) is 0 Å². The van der Waals surface area contributed by atoms with Crippen LogP contribution in [0.3, 0.4) is 0 Å². The Kier molecular flexibility index (Phi) is 3.99. The molecule has 2 aromatic rings. The van der Waals surface area contributed by atoms with Crippen LogP contribution in [0.25, 0.3) is 0 Å². The van der Waals surface area contributed by atoms with Gasteiger partial charge in [0.25, 0.3) is 0 Å². The Morgan fingerprint density at radius 2 is 1.35 bits per heavy atom. The van der Waals surface area contributed by atoms with Gasteiger partial charge in [0.05, 0.1) is 12.1 Å². The highest BCUT2D eigenvalue weighted by Gasteiger charge is 2.35. The smallest absolute Gasteiger partial charge is 0.112 e. The van der Waals surface area contributed by atoms with E-state index in [9.17, 15) is 5.26 Å². The van der Waals surface area contributed by atoms with Gasteiger partial charge in [-0.05, 0) is 11.1 Å². The molecule has 0 atom stereocenters. The molecule has 0 radical (unpaired) electrons. The van der Waals surface area contributed by atoms with Gasteiger partial charge in [-0.15, -0.1) is 0 Å². The molecule has 0 unspecified atom stereocenters. The molecule has 2 rings (SSSR count). The number of hydrogen-bond donors (Lipinski definition) is 0. The Labute approximate surface area is 119 Å². The van der Waals surface area contributed by atoms with Gasteiger partial charge in [0.1, 0.15) is 5.41 Å². The van der Waals surface area contributed by atoms with Crippen LogP contribution >= 0.6 is 0 Å². The van der Waals surface area contributed by atoms with Crippen molar-refractivity contribution in [3.05, 3.63) is 83.9 Å². The van der Waals surface area contributed by atoms with Gasteiger partial charge in [0.15, 0.2) is 0 Å². The lowest BCUT2D eigenvalue weighted by Crippen LogP contribution is -2.26. The number of rotatable bonds is 4. The summed E-state index contributed by atoms with van der Waals surface area (Å²) in [5.74, 6) is 0. The molecule has 0 saturated heterocycles. The van der Waals surface area contributed by atoms with Crippen molar-refractivity contribution in [3.8, 4) is 12.1 Å². The molecule has 2 nitrogen and oxygen atoms in total. The standard InChI is InChI=1S/C18H14N2/c1-15(13-19)12-18(14-20,16-8-4-2-5-9-16)17-10-6-3-7-11-17/h2-11H,1,12H2. The number of hydrogen-bond acceptors (Lipinski definition) is 2. The quantitative estimate of drug-likeness (QED) is 0.779. The van der Waals surface area contributed by atoms with Crippen molar-refractivity contribution in [3.63, 3.8) is 0 Å². The van der Waals surface area contributed by atoms with Gasteiger partial charge in [-0.3, -0.25) is 0 Å². The van der Waals surface area contributed by atoms with Crippen LogP contribution in [0.5, 0.6) is 0 Å². The van der Waals surface area contributed by atoms with Crippen molar-refractivity contribution in [2.45, 2.75) is 11.8 Å². The van der Waals surface area contributed by atoms with Crippen LogP contribution in [-0.2, 0) is 5.41 Å². The number of nitriles is 2. The molecule has 0 N–H and O–H groups in total. The average Bonchev–Trinajstić information content (AvgIpc) is 2.54. The summed E-state index contributed by atoms with van der Waals surface area (Å²) < 4.78 is 0. The van der Waals surface area contributed by atoms with Crippen LogP contribution in [0.4, 0.5) is 0 Å². The van der Waals surface area contributed by atoms with Crippen LogP contribution in [-0.4, -0.2) is 0 Å². The summed E-state index contributed by atoms with van der Waals surface area (Å²) in [4.78, 5) is 0. The maximum atomic E-state index is 9.83. The first-order valence-corrected chi connectivity index (χ1v) is 6.33. The van der Waals surface area contributed by atoms with Crippen molar-refractivity contribution in [1.29, 1.82) is 10.5 Å². The zero-order valence-electron chi connectivity index (χ0n) is 11.1. The molecule has 96 valence electrons. The van der Waals surface area contributed by atoms with Gasteiger partial charge < -0.3 is 0 Å². The second kappa shape index (κ2) is 5.87. The summed E-state index contributed by atoms with van der Waals surface area (Å²) >= 11 is 0. The number of benzene rings is 2. The fourth-order valence-electron chi connectivity index (χ4n) is 2.34. The third kappa shape index (κ3) is 2.46. The molecule has 0 aromatic heterocycles. The first-order chi connectivity index (χ1) is 9.73. The van der Waals surface area contributed by atoms with E-state index in [0.29, 0.717) is 12.0 Å². The third-order valence-corrected chi connectivity index (χ3v) is 3.36. The molecule has 0 aliphatic heterocycles. The first kappa shape index (κ1) is 13.6. The molecule has 0 saturated carbocycles. The topological polar surface area (TPSA) is 47.6 Å². The lowest BCUT2D eigenvalue weighted by molar-refractivity contribution is 0.658. The Hall–Kier alpha value is -2.84. The predicted molar refractivity (Wildman–Crippen MR) is 78.6 cm³/mol. The Bertz CT molecular complexity index is 633. The summed E-state index contributed by atoms with van der Waals surface area (Å²) in [5.41, 5.74) is 1.30. The molecule has 0 heterocycles. The van der Waals surface area contributed by atoms with Crippen molar-refractivity contribution in [2.24, 2.45) is 0 Å². The fourth-order valence-corrected chi connectivity index (χ4v) is 2.34. The highest BCUT2D eigenvalue weighted by Crippen LogP contribution is 2.37. The summed E-state index contributed by atoms with van der Waals surface area (Å²) in [5, 5.41) is 18.9. The molecule has 2 heteroatoms. The second-order valence-electron chi connectivity index (χ2n) is 4.64. The van der Waals surface area contributed by atoms with Gasteiger partial charge in [-0.25, -0.2) is 0 Å². The van der Waals surface area contributed by atoms with Crippen LogP contribution in [0.1, 0.15) is 17.5 Å². The van der Waals surface area contributed by atoms with E-state index >= 15 is 0 Å². The summed E-state index contributed by atoms with van der Waals surface area (Å²) in [6.07, 6.45) is 0.300. The molecule has 20 heavy (non-hydrogen) atoms. The van der Waals surface area contributed by atoms with E-state index in [4.69, 9.17) is 5.26 Å². The Balaban J connectivity index is 2.63. The molecule has 0 spiro atoms. The lowest BCUT2D eigenvalue weighted by atomic mass is 9.72. The molecule has 2 aromatic carbocycles. The first-order valence-electron chi connectivity index (χ1n) is 6.33. The van der Waals surface area contributed by atoms with Crippen LogP contribution in [0.15, 0.2) is 72.8 Å². The van der Waals surface area contributed by atoms with Crippen molar-refractivity contribution in [1.82, 2.24) is 0 Å². The normalized spacial score (nSPS) is 10.3. The predicted octanol–water partition coefficient (Wildman–Crippen LogP) is 3.97. The van der Waals surface area contributed by atoms with Crippen molar-refractivity contribution >= 4 is 0 Å². The minimum Gasteiger partial charge on any atom is -0.197 e. The summed E-state index contributed by atoms with van der Waals surface area (Å²) in [7, 11) is 0. The van der Waals surface area contributed by atoms with Gasteiger partial charge in [-0.2, -0.15) is 10.5 Å². The summed E-state index contributed by atoms with van der Waals surface area (Å²) in [6, 6.07) is 23.6. The van der Waals surface area contributed by atoms with Crippen molar-refractivity contribution < 1.29 is 0 Å². The molecule has 0 aliphatic carbocycles. The molecule has 0 bridgehead atoms. The van der Waals surface area contributed by atoms with Gasteiger partial charge in [0, 0.05) is 12.0 Å². The minimum atomic E-state index is -0.866. The molecule has 0 aliphatic rings. The average molecular weight is 258 g/mol. The molecule has 0 fully saturated rings. The largest absolute Gasteiger partial charge is 0.197 e. The highest BCUT2D eigenvalue weighted by atomic mass is 14.4. The minimum absolute atomic E-state index is 0.300. The SMILES string of the molecule is C=C(C#N)CC(C#N)(c1ccccc1)c1ccccc1. The van der Waals surface area contributed by atoms with Gasteiger partial charge >= 0.3 is 0 Å². The molecular weight excluding hydrogens is 244 g/mol. The number of nitrogens with zero attached hydrogens (tertiary/aromatic N) is 2. The van der Waals surface area contributed by atoms with E-state index in [1.165, 1.54) is 0 Å². The Morgan fingerprint density at radius 1 is 0.900 bits per heavy atom. The van der Waals surface area contributed by atoms with Gasteiger partial charge in [0.2, 0.25) is 0 Å². The maximum absolute atomic E-state index is 9.83. The van der Waals surface area contributed by atoms with E-state index in [1.54, 1.807) is 0 Å². The summed E-state index contributed by atoms with van der Waals surface area (Å²) in [6.45, 7) is 3.74.